The van der Waals surface area contributed by atoms with E-state index in [1.807, 2.05) is 0 Å². The van der Waals surface area contributed by atoms with Gasteiger partial charge < -0.3 is 24.6 Å². The van der Waals surface area contributed by atoms with Crippen LogP contribution in [0.3, 0.4) is 0 Å². The summed E-state index contributed by atoms with van der Waals surface area (Å²) < 4.78 is 10.7. The van der Waals surface area contributed by atoms with E-state index in [9.17, 15) is 0 Å². The molecule has 0 bridgehead atoms. The summed E-state index contributed by atoms with van der Waals surface area (Å²) in [6, 6.07) is 0. The van der Waals surface area contributed by atoms with Crippen molar-refractivity contribution in [2.75, 3.05) is 59.3 Å². The van der Waals surface area contributed by atoms with Crippen LogP contribution in [-0.4, -0.2) is 74.4 Å². The molecular formula is C22H47NO4. The number of aliphatic hydroxyl groups excluding tert-OH is 2. The Morgan fingerprint density at radius 3 is 1.37 bits per heavy atom. The molecular weight excluding hydrogens is 342 g/mol. The first-order chi connectivity index (χ1) is 13.3. The molecule has 0 aromatic rings. The lowest BCUT2D eigenvalue weighted by atomic mass is 10.1. The summed E-state index contributed by atoms with van der Waals surface area (Å²) in [6.45, 7) is 8.03. The molecule has 0 amide bonds. The standard InChI is InChI=1S/C22H47NO4/c1-2-3-4-5-6-7-8-9-10-11-14-23(15-12-19-26-21-17-24)16-13-20-27-22-18-25/h24-25H,2-22H2,1H3. The first-order valence-corrected chi connectivity index (χ1v) is 11.4. The van der Waals surface area contributed by atoms with Crippen LogP contribution in [0.4, 0.5) is 0 Å². The molecule has 0 atom stereocenters. The number of hydrogen-bond donors (Lipinski definition) is 2. The van der Waals surface area contributed by atoms with Crippen molar-refractivity contribution < 1.29 is 19.7 Å². The van der Waals surface area contributed by atoms with Crippen LogP contribution in [0, 0.1) is 0 Å². The second-order valence-corrected chi connectivity index (χ2v) is 7.40. The summed E-state index contributed by atoms with van der Waals surface area (Å²) in [4.78, 5) is 2.51. The summed E-state index contributed by atoms with van der Waals surface area (Å²) in [5.74, 6) is 0. The Kier molecular flexibility index (Phi) is 23.7. The number of ether oxygens (including phenoxy) is 2. The van der Waals surface area contributed by atoms with E-state index in [2.05, 4.69) is 11.8 Å². The molecule has 5 heteroatoms. The molecule has 27 heavy (non-hydrogen) atoms. The maximum Gasteiger partial charge on any atom is 0.0697 e. The summed E-state index contributed by atoms with van der Waals surface area (Å²) in [6.07, 6.45) is 15.7. The molecule has 0 aliphatic carbocycles. The predicted molar refractivity (Wildman–Crippen MR) is 113 cm³/mol. The lowest BCUT2D eigenvalue weighted by Crippen LogP contribution is -2.29. The number of hydrogen-bond acceptors (Lipinski definition) is 5. The smallest absolute Gasteiger partial charge is 0.0697 e. The van der Waals surface area contributed by atoms with Crippen molar-refractivity contribution in [2.45, 2.75) is 84.0 Å². The summed E-state index contributed by atoms with van der Waals surface area (Å²) in [7, 11) is 0. The lowest BCUT2D eigenvalue weighted by Gasteiger charge is -2.22. The minimum absolute atomic E-state index is 0.102. The molecule has 0 aliphatic rings. The zero-order chi connectivity index (χ0) is 19.8. The highest BCUT2D eigenvalue weighted by molar-refractivity contribution is 4.59. The molecule has 0 saturated heterocycles. The first-order valence-electron chi connectivity index (χ1n) is 11.4. The first kappa shape index (κ1) is 26.8. The Labute approximate surface area is 168 Å². The van der Waals surface area contributed by atoms with E-state index in [4.69, 9.17) is 19.7 Å². The van der Waals surface area contributed by atoms with E-state index in [1.165, 1.54) is 64.2 Å². The maximum absolute atomic E-state index is 8.75. The van der Waals surface area contributed by atoms with Gasteiger partial charge in [-0.15, -0.1) is 0 Å². The fourth-order valence-corrected chi connectivity index (χ4v) is 3.27. The van der Waals surface area contributed by atoms with Gasteiger partial charge in [0, 0.05) is 26.3 Å². The van der Waals surface area contributed by atoms with Gasteiger partial charge in [0.25, 0.3) is 0 Å². The fourth-order valence-electron chi connectivity index (χ4n) is 3.27. The van der Waals surface area contributed by atoms with Crippen molar-refractivity contribution in [2.24, 2.45) is 0 Å². The van der Waals surface area contributed by atoms with Crippen molar-refractivity contribution >= 4 is 0 Å². The highest BCUT2D eigenvalue weighted by Crippen LogP contribution is 2.11. The topological polar surface area (TPSA) is 62.2 Å². The number of aliphatic hydroxyl groups is 2. The van der Waals surface area contributed by atoms with Gasteiger partial charge in [-0.25, -0.2) is 0 Å². The molecule has 0 saturated carbocycles. The predicted octanol–water partition coefficient (Wildman–Crippen LogP) is 4.01. The number of rotatable bonds is 23. The molecule has 0 unspecified atom stereocenters. The van der Waals surface area contributed by atoms with Crippen LogP contribution in [0.5, 0.6) is 0 Å². The summed E-state index contributed by atoms with van der Waals surface area (Å²) >= 11 is 0. The van der Waals surface area contributed by atoms with E-state index in [-0.39, 0.29) is 13.2 Å². The molecule has 0 fully saturated rings. The number of nitrogens with zero attached hydrogens (tertiary/aromatic N) is 1. The fraction of sp³-hybridized carbons (Fsp3) is 1.00. The van der Waals surface area contributed by atoms with Gasteiger partial charge >= 0.3 is 0 Å². The van der Waals surface area contributed by atoms with Crippen LogP contribution in [0.25, 0.3) is 0 Å². The van der Waals surface area contributed by atoms with Crippen molar-refractivity contribution in [3.63, 3.8) is 0 Å². The number of unbranched alkanes of at least 4 members (excludes halogenated alkanes) is 9. The average molecular weight is 390 g/mol. The quantitative estimate of drug-likeness (QED) is 0.259. The van der Waals surface area contributed by atoms with Crippen LogP contribution in [0.2, 0.25) is 0 Å². The zero-order valence-electron chi connectivity index (χ0n) is 18.0. The van der Waals surface area contributed by atoms with Crippen molar-refractivity contribution in [3.8, 4) is 0 Å². The normalized spacial score (nSPS) is 11.6. The Hall–Kier alpha value is -0.200. The Bertz CT molecular complexity index is 253. The maximum atomic E-state index is 8.75. The average Bonchev–Trinajstić information content (AvgIpc) is 2.68. The summed E-state index contributed by atoms with van der Waals surface area (Å²) in [5.41, 5.74) is 0. The van der Waals surface area contributed by atoms with Gasteiger partial charge in [0.2, 0.25) is 0 Å². The van der Waals surface area contributed by atoms with Crippen LogP contribution in [0.15, 0.2) is 0 Å². The van der Waals surface area contributed by atoms with Crippen LogP contribution >= 0.6 is 0 Å². The monoisotopic (exact) mass is 389 g/mol. The van der Waals surface area contributed by atoms with Gasteiger partial charge in [-0.2, -0.15) is 0 Å². The van der Waals surface area contributed by atoms with Gasteiger partial charge in [0.15, 0.2) is 0 Å². The van der Waals surface area contributed by atoms with Gasteiger partial charge in [-0.3, -0.25) is 0 Å². The summed E-state index contributed by atoms with van der Waals surface area (Å²) in [5, 5.41) is 17.5. The molecule has 164 valence electrons. The van der Waals surface area contributed by atoms with Crippen molar-refractivity contribution in [3.05, 3.63) is 0 Å². The zero-order valence-corrected chi connectivity index (χ0v) is 18.0. The molecule has 2 N–H and O–H groups in total. The van der Waals surface area contributed by atoms with E-state index in [0.717, 1.165) is 45.7 Å². The van der Waals surface area contributed by atoms with Gasteiger partial charge in [-0.1, -0.05) is 64.7 Å². The second-order valence-electron chi connectivity index (χ2n) is 7.40. The van der Waals surface area contributed by atoms with Gasteiger partial charge in [0.05, 0.1) is 26.4 Å². The molecule has 0 spiro atoms. The molecule has 0 rings (SSSR count). The van der Waals surface area contributed by atoms with E-state index >= 15 is 0 Å². The Morgan fingerprint density at radius 1 is 0.519 bits per heavy atom. The van der Waals surface area contributed by atoms with Gasteiger partial charge in [-0.05, 0) is 25.8 Å². The van der Waals surface area contributed by atoms with Crippen molar-refractivity contribution in [1.29, 1.82) is 0 Å². The SMILES string of the molecule is CCCCCCCCCCCCN(CCCOCCO)CCCOCCO. The molecule has 0 aliphatic heterocycles. The Morgan fingerprint density at radius 2 is 0.926 bits per heavy atom. The molecule has 0 aromatic carbocycles. The third-order valence-corrected chi connectivity index (χ3v) is 4.83. The van der Waals surface area contributed by atoms with E-state index < -0.39 is 0 Å². The molecule has 5 nitrogen and oxygen atoms in total. The van der Waals surface area contributed by atoms with Crippen LogP contribution in [0.1, 0.15) is 84.0 Å². The highest BCUT2D eigenvalue weighted by atomic mass is 16.5. The minimum atomic E-state index is 0.102. The Balaban J connectivity index is 3.68. The molecule has 0 radical (unpaired) electrons. The van der Waals surface area contributed by atoms with E-state index in [1.54, 1.807) is 0 Å². The second kappa shape index (κ2) is 23.8. The molecule has 0 aromatic heterocycles. The third kappa shape index (κ3) is 22.0. The van der Waals surface area contributed by atoms with Crippen LogP contribution < -0.4 is 0 Å². The third-order valence-electron chi connectivity index (χ3n) is 4.83. The largest absolute Gasteiger partial charge is 0.394 e. The highest BCUT2D eigenvalue weighted by Gasteiger charge is 2.05. The lowest BCUT2D eigenvalue weighted by molar-refractivity contribution is 0.0760. The van der Waals surface area contributed by atoms with Crippen molar-refractivity contribution in [1.82, 2.24) is 4.90 Å². The molecule has 0 heterocycles. The van der Waals surface area contributed by atoms with E-state index in [0.29, 0.717) is 13.2 Å². The minimum Gasteiger partial charge on any atom is -0.394 e. The van der Waals surface area contributed by atoms with Gasteiger partial charge in [0.1, 0.15) is 0 Å². The van der Waals surface area contributed by atoms with Crippen LogP contribution in [-0.2, 0) is 9.47 Å².